The van der Waals surface area contributed by atoms with Crippen LogP contribution < -0.4 is 9.47 Å². The summed E-state index contributed by atoms with van der Waals surface area (Å²) >= 11 is 26.2. The second kappa shape index (κ2) is 10.8. The van der Waals surface area contributed by atoms with Gasteiger partial charge in [0, 0.05) is 31.5 Å². The third kappa shape index (κ3) is 7.06. The summed E-state index contributed by atoms with van der Waals surface area (Å²) in [4.78, 5) is 0. The number of benzene rings is 2. The zero-order valence-electron chi connectivity index (χ0n) is 19.9. The van der Waals surface area contributed by atoms with Gasteiger partial charge >= 0.3 is 0 Å². The summed E-state index contributed by atoms with van der Waals surface area (Å²) in [6.45, 7) is 11.5. The third-order valence-electron chi connectivity index (χ3n) is 5.62. The Kier molecular flexibility index (Phi) is 9.28. The molecule has 0 bridgehead atoms. The number of ether oxygens (including phenoxy) is 2. The van der Waals surface area contributed by atoms with Crippen molar-refractivity contribution in [2.24, 2.45) is 0 Å². The minimum atomic E-state index is -0.625. The highest BCUT2D eigenvalue weighted by Crippen LogP contribution is 2.45. The fourth-order valence-corrected chi connectivity index (χ4v) is 4.52. The molecule has 0 saturated carbocycles. The van der Waals surface area contributed by atoms with Crippen molar-refractivity contribution in [3.63, 3.8) is 0 Å². The molecule has 0 saturated heterocycles. The molecule has 0 atom stereocenters. The summed E-state index contributed by atoms with van der Waals surface area (Å²) in [5.74, 6) is 0.754. The predicted molar refractivity (Wildman–Crippen MR) is 138 cm³/mol. The smallest absolute Gasteiger partial charge is 0.157 e. The van der Waals surface area contributed by atoms with Crippen LogP contribution in [0.1, 0.15) is 65.5 Å². The molecule has 0 spiro atoms. The van der Waals surface area contributed by atoms with E-state index in [4.69, 9.17) is 55.9 Å². The monoisotopic (exact) mass is 536 g/mol. The van der Waals surface area contributed by atoms with Crippen molar-refractivity contribution in [3.8, 4) is 11.5 Å². The molecular formula is C25H32Cl4O4. The van der Waals surface area contributed by atoms with Crippen molar-refractivity contribution in [1.29, 1.82) is 0 Å². The molecule has 0 heterocycles. The molecule has 2 aromatic rings. The van der Waals surface area contributed by atoms with Gasteiger partial charge in [0.25, 0.3) is 0 Å². The van der Waals surface area contributed by atoms with Crippen LogP contribution in [0.2, 0.25) is 20.1 Å². The Hall–Kier alpha value is -0.880. The van der Waals surface area contributed by atoms with Crippen LogP contribution in [-0.4, -0.2) is 34.6 Å². The summed E-state index contributed by atoms with van der Waals surface area (Å²) in [5, 5.41) is 20.0. The molecule has 184 valence electrons. The van der Waals surface area contributed by atoms with Gasteiger partial charge in [-0.2, -0.15) is 0 Å². The highest BCUT2D eigenvalue weighted by Gasteiger charge is 2.30. The Morgan fingerprint density at radius 3 is 1.12 bits per heavy atom. The van der Waals surface area contributed by atoms with Crippen LogP contribution in [0.25, 0.3) is 0 Å². The first-order valence-electron chi connectivity index (χ1n) is 10.7. The lowest BCUT2D eigenvalue weighted by Crippen LogP contribution is -2.30. The molecule has 4 nitrogen and oxygen atoms in total. The van der Waals surface area contributed by atoms with Gasteiger partial charge in [-0.15, -0.1) is 0 Å². The first-order valence-corrected chi connectivity index (χ1v) is 12.2. The third-order valence-corrected chi connectivity index (χ3v) is 6.75. The van der Waals surface area contributed by atoms with E-state index in [0.717, 1.165) is 11.1 Å². The standard InChI is InChI=1S/C25H32Cl4O4/c1-23(2,7-9-30)32-21-17(26)11-15(12-18(21)27)25(5,6)16-13-19(28)22(20(29)14-16)33-24(3,4)8-10-31/h11-14,30-31H,7-10H2,1-6H3. The van der Waals surface area contributed by atoms with Gasteiger partial charge in [-0.1, -0.05) is 60.3 Å². The van der Waals surface area contributed by atoms with Gasteiger partial charge in [0.1, 0.15) is 11.2 Å². The molecule has 8 heteroatoms. The van der Waals surface area contributed by atoms with E-state index in [2.05, 4.69) is 0 Å². The number of hydrogen-bond acceptors (Lipinski definition) is 4. The minimum Gasteiger partial charge on any atom is -0.485 e. The quantitative estimate of drug-likeness (QED) is 0.326. The Morgan fingerprint density at radius 1 is 0.606 bits per heavy atom. The van der Waals surface area contributed by atoms with Crippen LogP contribution in [0.3, 0.4) is 0 Å². The minimum absolute atomic E-state index is 0.00817. The molecule has 0 fully saturated rings. The van der Waals surface area contributed by atoms with E-state index in [1.54, 1.807) is 0 Å². The van der Waals surface area contributed by atoms with Gasteiger partial charge in [-0.25, -0.2) is 0 Å². The summed E-state index contributed by atoms with van der Waals surface area (Å²) in [6.07, 6.45) is 0.876. The predicted octanol–water partition coefficient (Wildman–Crippen LogP) is 7.71. The first-order chi connectivity index (χ1) is 15.1. The molecule has 33 heavy (non-hydrogen) atoms. The van der Waals surface area contributed by atoms with Crippen molar-refractivity contribution in [2.45, 2.75) is 71.0 Å². The van der Waals surface area contributed by atoms with Crippen LogP contribution in [0.5, 0.6) is 11.5 Å². The van der Waals surface area contributed by atoms with E-state index in [1.165, 1.54) is 0 Å². The highest BCUT2D eigenvalue weighted by atomic mass is 35.5. The molecule has 0 unspecified atom stereocenters. The maximum atomic E-state index is 9.26. The highest BCUT2D eigenvalue weighted by molar-refractivity contribution is 6.38. The molecule has 0 aliphatic heterocycles. The average molecular weight is 538 g/mol. The second-order valence-corrected chi connectivity index (χ2v) is 11.5. The fourth-order valence-electron chi connectivity index (χ4n) is 3.40. The van der Waals surface area contributed by atoms with Crippen LogP contribution in [0.15, 0.2) is 24.3 Å². The molecule has 2 rings (SSSR count). The van der Waals surface area contributed by atoms with Crippen molar-refractivity contribution < 1.29 is 19.7 Å². The summed E-state index contributed by atoms with van der Waals surface area (Å²) in [7, 11) is 0. The lowest BCUT2D eigenvalue weighted by Gasteiger charge is -2.31. The van der Waals surface area contributed by atoms with Gasteiger partial charge in [0.15, 0.2) is 11.5 Å². The average Bonchev–Trinajstić information content (AvgIpc) is 2.67. The van der Waals surface area contributed by atoms with Crippen LogP contribution in [-0.2, 0) is 5.41 Å². The Balaban J connectivity index is 2.44. The van der Waals surface area contributed by atoms with E-state index in [0.29, 0.717) is 44.4 Å². The first kappa shape index (κ1) is 28.4. The van der Waals surface area contributed by atoms with Crippen LogP contribution in [0.4, 0.5) is 0 Å². The summed E-state index contributed by atoms with van der Waals surface area (Å²) in [6, 6.07) is 7.26. The molecule has 0 aliphatic rings. The van der Waals surface area contributed by atoms with Crippen LogP contribution in [0, 0.1) is 0 Å². The molecule has 0 aliphatic carbocycles. The molecule has 2 N–H and O–H groups in total. The lowest BCUT2D eigenvalue weighted by atomic mass is 9.78. The van der Waals surface area contributed by atoms with Gasteiger partial charge in [0.05, 0.1) is 20.1 Å². The lowest BCUT2D eigenvalue weighted by molar-refractivity contribution is 0.0761. The van der Waals surface area contributed by atoms with Crippen molar-refractivity contribution in [1.82, 2.24) is 0 Å². The van der Waals surface area contributed by atoms with Crippen LogP contribution >= 0.6 is 46.4 Å². The topological polar surface area (TPSA) is 58.9 Å². The molecule has 2 aromatic carbocycles. The van der Waals surface area contributed by atoms with Gasteiger partial charge < -0.3 is 19.7 Å². The Morgan fingerprint density at radius 2 is 0.879 bits per heavy atom. The van der Waals surface area contributed by atoms with E-state index in [1.807, 2.05) is 65.8 Å². The van der Waals surface area contributed by atoms with E-state index in [-0.39, 0.29) is 13.2 Å². The second-order valence-electron chi connectivity index (χ2n) is 9.83. The van der Waals surface area contributed by atoms with E-state index < -0.39 is 16.6 Å². The zero-order valence-corrected chi connectivity index (χ0v) is 22.9. The molecule has 0 aromatic heterocycles. The number of rotatable bonds is 10. The molecule has 0 amide bonds. The van der Waals surface area contributed by atoms with Crippen molar-refractivity contribution in [2.75, 3.05) is 13.2 Å². The number of hydrogen-bond donors (Lipinski definition) is 2. The summed E-state index contributed by atoms with van der Waals surface area (Å²) < 4.78 is 12.0. The van der Waals surface area contributed by atoms with E-state index >= 15 is 0 Å². The van der Waals surface area contributed by atoms with Gasteiger partial charge in [-0.3, -0.25) is 0 Å². The SMILES string of the molecule is CC(C)(CCO)Oc1c(Cl)cc(C(C)(C)c2cc(Cl)c(OC(C)(C)CCO)c(Cl)c2)cc1Cl. The van der Waals surface area contributed by atoms with Crippen molar-refractivity contribution >= 4 is 46.4 Å². The summed E-state index contributed by atoms with van der Waals surface area (Å²) in [5.41, 5.74) is -0.0873. The number of aliphatic hydroxyl groups is 2. The zero-order chi connectivity index (χ0) is 25.2. The van der Waals surface area contributed by atoms with E-state index in [9.17, 15) is 10.2 Å². The Labute approximate surface area is 216 Å². The molecule has 0 radical (unpaired) electrons. The van der Waals surface area contributed by atoms with Gasteiger partial charge in [0.2, 0.25) is 0 Å². The fraction of sp³-hybridized carbons (Fsp3) is 0.520. The number of aliphatic hydroxyl groups excluding tert-OH is 2. The maximum absolute atomic E-state index is 9.26. The van der Waals surface area contributed by atoms with Crippen molar-refractivity contribution in [3.05, 3.63) is 55.5 Å². The maximum Gasteiger partial charge on any atom is 0.157 e. The number of halogens is 4. The normalized spacial score (nSPS) is 12.7. The largest absolute Gasteiger partial charge is 0.485 e. The molecular weight excluding hydrogens is 506 g/mol. The Bertz CT molecular complexity index is 863. The van der Waals surface area contributed by atoms with Gasteiger partial charge in [-0.05, 0) is 63.1 Å².